The Morgan fingerprint density at radius 3 is 2.44 bits per heavy atom. The molecule has 0 spiro atoms. The van der Waals surface area contributed by atoms with E-state index in [-0.39, 0.29) is 11.8 Å². The number of rotatable bonds is 5. The lowest BCUT2D eigenvalue weighted by molar-refractivity contribution is -0.144. The Bertz CT molecular complexity index is 396. The maximum absolute atomic E-state index is 11.1. The Kier molecular flexibility index (Phi) is 4.02. The number of hydrogen-bond acceptors (Lipinski definition) is 2. The summed E-state index contributed by atoms with van der Waals surface area (Å²) in [5, 5.41) is 9.17. The lowest BCUT2D eigenvalue weighted by Gasteiger charge is -2.41. The second-order valence-corrected chi connectivity index (χ2v) is 5.51. The summed E-state index contributed by atoms with van der Waals surface area (Å²) >= 11 is 0. The van der Waals surface area contributed by atoms with E-state index in [4.69, 9.17) is 5.11 Å². The van der Waals surface area contributed by atoms with Gasteiger partial charge >= 0.3 is 5.97 Å². The zero-order chi connectivity index (χ0) is 13.1. The zero-order valence-corrected chi connectivity index (χ0v) is 11.0. The van der Waals surface area contributed by atoms with Crippen LogP contribution in [0.2, 0.25) is 0 Å². The van der Waals surface area contributed by atoms with E-state index in [0.717, 1.165) is 13.1 Å². The molecule has 0 aliphatic carbocycles. The van der Waals surface area contributed by atoms with E-state index < -0.39 is 5.97 Å². The van der Waals surface area contributed by atoms with Crippen LogP contribution in [0, 0.1) is 11.8 Å². The van der Waals surface area contributed by atoms with Gasteiger partial charge in [0.15, 0.2) is 0 Å². The molecule has 1 N–H and O–H groups in total. The summed E-state index contributed by atoms with van der Waals surface area (Å²) in [5.74, 6) is -0.152. The van der Waals surface area contributed by atoms with Crippen molar-refractivity contribution in [2.24, 2.45) is 11.8 Å². The van der Waals surface area contributed by atoms with Gasteiger partial charge < -0.3 is 10.0 Å². The third kappa shape index (κ3) is 2.91. The highest BCUT2D eigenvalue weighted by Gasteiger charge is 2.32. The van der Waals surface area contributed by atoms with E-state index in [1.54, 1.807) is 0 Å². The van der Waals surface area contributed by atoms with Gasteiger partial charge in [-0.05, 0) is 11.5 Å². The Labute approximate surface area is 108 Å². The molecule has 0 radical (unpaired) electrons. The Morgan fingerprint density at radius 1 is 1.33 bits per heavy atom. The smallest absolute Gasteiger partial charge is 0.308 e. The van der Waals surface area contributed by atoms with Crippen LogP contribution < -0.4 is 0 Å². The first-order chi connectivity index (χ1) is 8.58. The number of carboxylic acid groups (broad SMARTS) is 1. The molecule has 1 fully saturated rings. The lowest BCUT2D eigenvalue weighted by atomic mass is 9.88. The van der Waals surface area contributed by atoms with Crippen molar-refractivity contribution in [3.63, 3.8) is 0 Å². The van der Waals surface area contributed by atoms with Gasteiger partial charge in [0.2, 0.25) is 0 Å². The van der Waals surface area contributed by atoms with Crippen LogP contribution in [0.5, 0.6) is 0 Å². The molecule has 3 nitrogen and oxygen atoms in total. The van der Waals surface area contributed by atoms with Crippen molar-refractivity contribution in [2.75, 3.05) is 19.6 Å². The fourth-order valence-electron chi connectivity index (χ4n) is 2.51. The average molecular weight is 247 g/mol. The maximum atomic E-state index is 11.1. The minimum absolute atomic E-state index is 0.193. The number of carbonyl (C=O) groups is 1. The van der Waals surface area contributed by atoms with Gasteiger partial charge in [0.1, 0.15) is 0 Å². The first-order valence-corrected chi connectivity index (χ1v) is 6.58. The molecule has 0 saturated carbocycles. The third-order valence-electron chi connectivity index (χ3n) is 3.80. The van der Waals surface area contributed by atoms with E-state index in [1.807, 2.05) is 19.9 Å². The Hall–Kier alpha value is -1.35. The fraction of sp³-hybridized carbons (Fsp3) is 0.533. The molecule has 1 saturated heterocycles. The molecule has 2 rings (SSSR count). The molecule has 0 bridgehead atoms. The van der Waals surface area contributed by atoms with Crippen molar-refractivity contribution < 1.29 is 9.90 Å². The number of carboxylic acids is 1. The predicted molar refractivity (Wildman–Crippen MR) is 71.6 cm³/mol. The van der Waals surface area contributed by atoms with E-state index >= 15 is 0 Å². The van der Waals surface area contributed by atoms with Crippen molar-refractivity contribution in [1.82, 2.24) is 4.90 Å². The minimum Gasteiger partial charge on any atom is -0.481 e. The minimum atomic E-state index is -0.673. The Balaban J connectivity index is 1.84. The highest BCUT2D eigenvalue weighted by molar-refractivity contribution is 5.70. The molecule has 18 heavy (non-hydrogen) atoms. The van der Waals surface area contributed by atoms with Crippen LogP contribution in [-0.2, 0) is 4.79 Å². The number of hydrogen-bond donors (Lipinski definition) is 1. The molecule has 1 aliphatic heterocycles. The summed E-state index contributed by atoms with van der Waals surface area (Å²) in [4.78, 5) is 13.4. The standard InChI is InChI=1S/C15H21NO2/c1-11(2)14(15(17)18)10-16-8-13(9-16)12-6-4-3-5-7-12/h3-7,11,13-14H,8-10H2,1-2H3,(H,17,18). The van der Waals surface area contributed by atoms with Gasteiger partial charge in [-0.25, -0.2) is 0 Å². The van der Waals surface area contributed by atoms with E-state index in [9.17, 15) is 4.79 Å². The van der Waals surface area contributed by atoms with Crippen LogP contribution in [0.25, 0.3) is 0 Å². The van der Waals surface area contributed by atoms with Crippen molar-refractivity contribution >= 4 is 5.97 Å². The molecule has 3 heteroatoms. The topological polar surface area (TPSA) is 40.5 Å². The second kappa shape index (κ2) is 5.53. The first-order valence-electron chi connectivity index (χ1n) is 6.58. The van der Waals surface area contributed by atoms with Crippen LogP contribution in [0.1, 0.15) is 25.3 Å². The highest BCUT2D eigenvalue weighted by Crippen LogP contribution is 2.28. The van der Waals surface area contributed by atoms with E-state index in [0.29, 0.717) is 12.5 Å². The van der Waals surface area contributed by atoms with Crippen LogP contribution in [0.4, 0.5) is 0 Å². The lowest BCUT2D eigenvalue weighted by Crippen LogP contribution is -2.48. The maximum Gasteiger partial charge on any atom is 0.308 e. The van der Waals surface area contributed by atoms with Crippen molar-refractivity contribution in [3.8, 4) is 0 Å². The summed E-state index contributed by atoms with van der Waals surface area (Å²) in [7, 11) is 0. The summed E-state index contributed by atoms with van der Waals surface area (Å²) < 4.78 is 0. The zero-order valence-electron chi connectivity index (χ0n) is 11.0. The molecule has 1 aromatic rings. The van der Waals surface area contributed by atoms with Crippen molar-refractivity contribution in [2.45, 2.75) is 19.8 Å². The van der Waals surface area contributed by atoms with Crippen molar-refractivity contribution in [3.05, 3.63) is 35.9 Å². The van der Waals surface area contributed by atoms with Gasteiger partial charge in [0.25, 0.3) is 0 Å². The van der Waals surface area contributed by atoms with Crippen LogP contribution in [-0.4, -0.2) is 35.6 Å². The number of nitrogens with zero attached hydrogens (tertiary/aromatic N) is 1. The molecule has 0 aromatic heterocycles. The van der Waals surface area contributed by atoms with Gasteiger partial charge in [-0.15, -0.1) is 0 Å². The van der Waals surface area contributed by atoms with E-state index in [1.165, 1.54) is 5.56 Å². The summed E-state index contributed by atoms with van der Waals surface area (Å²) in [6, 6.07) is 10.5. The molecule has 0 amide bonds. The predicted octanol–water partition coefficient (Wildman–Crippen LogP) is 2.44. The highest BCUT2D eigenvalue weighted by atomic mass is 16.4. The molecule has 1 aromatic carbocycles. The summed E-state index contributed by atoms with van der Waals surface area (Å²) in [6.45, 7) is 6.61. The van der Waals surface area contributed by atoms with Gasteiger partial charge in [-0.1, -0.05) is 44.2 Å². The average Bonchev–Trinajstić information content (AvgIpc) is 2.27. The van der Waals surface area contributed by atoms with Gasteiger partial charge in [0, 0.05) is 25.6 Å². The normalized spacial score (nSPS) is 18.6. The monoisotopic (exact) mass is 247 g/mol. The van der Waals surface area contributed by atoms with E-state index in [2.05, 4.69) is 29.2 Å². The van der Waals surface area contributed by atoms with Gasteiger partial charge in [-0.2, -0.15) is 0 Å². The molecular weight excluding hydrogens is 226 g/mol. The largest absolute Gasteiger partial charge is 0.481 e. The number of aliphatic carboxylic acids is 1. The van der Waals surface area contributed by atoms with Crippen LogP contribution in [0.3, 0.4) is 0 Å². The first kappa shape index (κ1) is 13.1. The molecule has 1 heterocycles. The van der Waals surface area contributed by atoms with Gasteiger partial charge in [-0.3, -0.25) is 4.79 Å². The molecule has 1 atom stereocenters. The molecule has 1 unspecified atom stereocenters. The number of likely N-dealkylation sites (tertiary alicyclic amines) is 1. The van der Waals surface area contributed by atoms with Crippen LogP contribution in [0.15, 0.2) is 30.3 Å². The van der Waals surface area contributed by atoms with Crippen LogP contribution >= 0.6 is 0 Å². The molecule has 98 valence electrons. The second-order valence-electron chi connectivity index (χ2n) is 5.51. The fourth-order valence-corrected chi connectivity index (χ4v) is 2.51. The summed E-state index contributed by atoms with van der Waals surface area (Å²) in [5.41, 5.74) is 1.37. The Morgan fingerprint density at radius 2 is 1.94 bits per heavy atom. The van der Waals surface area contributed by atoms with Crippen molar-refractivity contribution in [1.29, 1.82) is 0 Å². The van der Waals surface area contributed by atoms with Gasteiger partial charge in [0.05, 0.1) is 5.92 Å². The third-order valence-corrected chi connectivity index (χ3v) is 3.80. The quantitative estimate of drug-likeness (QED) is 0.868. The molecule has 1 aliphatic rings. The summed E-state index contributed by atoms with van der Waals surface area (Å²) in [6.07, 6.45) is 0. The SMILES string of the molecule is CC(C)C(CN1CC(c2ccccc2)C1)C(=O)O. The molecular formula is C15H21NO2. The number of benzene rings is 1.